The lowest BCUT2D eigenvalue weighted by Crippen LogP contribution is -2.24. The molecule has 1 aromatic heterocycles. The third kappa shape index (κ3) is 2.62. The summed E-state index contributed by atoms with van der Waals surface area (Å²) < 4.78 is 2.26. The number of nitrogens with two attached hydrogens (primary N) is 1. The molecule has 1 saturated heterocycles. The van der Waals surface area contributed by atoms with Gasteiger partial charge in [0.05, 0.1) is 12.0 Å². The van der Waals surface area contributed by atoms with Crippen molar-refractivity contribution in [3.8, 4) is 0 Å². The summed E-state index contributed by atoms with van der Waals surface area (Å²) >= 11 is 0. The maximum absolute atomic E-state index is 5.70. The van der Waals surface area contributed by atoms with Crippen LogP contribution in [0.4, 0.5) is 0 Å². The van der Waals surface area contributed by atoms with Crippen LogP contribution in [-0.2, 0) is 13.1 Å². The topological polar surface area (TPSA) is 47.1 Å². The summed E-state index contributed by atoms with van der Waals surface area (Å²) in [5.41, 5.74) is 7.04. The van der Waals surface area contributed by atoms with E-state index in [0.29, 0.717) is 5.92 Å². The lowest BCUT2D eigenvalue weighted by Gasteiger charge is -2.16. The Kier molecular flexibility index (Phi) is 3.96. The second-order valence-corrected chi connectivity index (χ2v) is 4.70. The highest BCUT2D eigenvalue weighted by Gasteiger charge is 2.21. The maximum Gasteiger partial charge on any atom is 0.0948 e. The standard InChI is InChI=1S/C12H22N4/c1-2-4-16-10-14-7-12(16)9-15-5-3-11(6-13)8-15/h7,10-11H,2-6,8-9,13H2,1H3. The van der Waals surface area contributed by atoms with Crippen LogP contribution in [0.1, 0.15) is 25.5 Å². The van der Waals surface area contributed by atoms with Gasteiger partial charge in [0.1, 0.15) is 0 Å². The second-order valence-electron chi connectivity index (χ2n) is 4.70. The van der Waals surface area contributed by atoms with Crippen molar-refractivity contribution in [2.45, 2.75) is 32.9 Å². The summed E-state index contributed by atoms with van der Waals surface area (Å²) in [6.45, 7) is 7.45. The van der Waals surface area contributed by atoms with E-state index in [2.05, 4.69) is 21.4 Å². The first kappa shape index (κ1) is 11.6. The van der Waals surface area contributed by atoms with Crippen LogP contribution in [-0.4, -0.2) is 34.1 Å². The Bertz CT molecular complexity index is 321. The van der Waals surface area contributed by atoms with E-state index in [1.807, 2.05) is 12.5 Å². The van der Waals surface area contributed by atoms with Crippen LogP contribution in [0.3, 0.4) is 0 Å². The van der Waals surface area contributed by atoms with Crippen molar-refractivity contribution in [2.24, 2.45) is 11.7 Å². The molecular formula is C12H22N4. The van der Waals surface area contributed by atoms with Gasteiger partial charge < -0.3 is 10.3 Å². The Hall–Kier alpha value is -0.870. The van der Waals surface area contributed by atoms with Crippen LogP contribution in [0.25, 0.3) is 0 Å². The van der Waals surface area contributed by atoms with Crippen LogP contribution in [0.5, 0.6) is 0 Å². The van der Waals surface area contributed by atoms with Crippen LogP contribution in [0.2, 0.25) is 0 Å². The molecule has 4 nitrogen and oxygen atoms in total. The van der Waals surface area contributed by atoms with Crippen molar-refractivity contribution in [3.63, 3.8) is 0 Å². The first-order valence-corrected chi connectivity index (χ1v) is 6.25. The first-order chi connectivity index (χ1) is 7.83. The Morgan fingerprint density at radius 2 is 2.44 bits per heavy atom. The zero-order valence-electron chi connectivity index (χ0n) is 10.1. The van der Waals surface area contributed by atoms with E-state index in [1.54, 1.807) is 0 Å². The molecule has 0 bridgehead atoms. The van der Waals surface area contributed by atoms with Gasteiger partial charge in [0.25, 0.3) is 0 Å². The van der Waals surface area contributed by atoms with Crippen molar-refractivity contribution in [2.75, 3.05) is 19.6 Å². The molecule has 1 unspecified atom stereocenters. The average Bonchev–Trinajstić information content (AvgIpc) is 2.90. The van der Waals surface area contributed by atoms with Crippen molar-refractivity contribution in [1.82, 2.24) is 14.5 Å². The van der Waals surface area contributed by atoms with Crippen molar-refractivity contribution in [1.29, 1.82) is 0 Å². The summed E-state index contributed by atoms with van der Waals surface area (Å²) in [6.07, 6.45) is 6.34. The summed E-state index contributed by atoms with van der Waals surface area (Å²) in [7, 11) is 0. The fraction of sp³-hybridized carbons (Fsp3) is 0.750. The number of likely N-dealkylation sites (tertiary alicyclic amines) is 1. The molecule has 16 heavy (non-hydrogen) atoms. The number of hydrogen-bond acceptors (Lipinski definition) is 3. The lowest BCUT2D eigenvalue weighted by molar-refractivity contribution is 0.308. The summed E-state index contributed by atoms with van der Waals surface area (Å²) in [6, 6.07) is 0. The van der Waals surface area contributed by atoms with Crippen molar-refractivity contribution in [3.05, 3.63) is 18.2 Å². The molecule has 0 aromatic carbocycles. The Balaban J connectivity index is 1.91. The monoisotopic (exact) mass is 222 g/mol. The van der Waals surface area contributed by atoms with Gasteiger partial charge in [0.15, 0.2) is 0 Å². The molecule has 2 N–H and O–H groups in total. The van der Waals surface area contributed by atoms with E-state index in [0.717, 1.165) is 32.6 Å². The minimum atomic E-state index is 0.697. The fourth-order valence-electron chi connectivity index (χ4n) is 2.40. The van der Waals surface area contributed by atoms with Crippen LogP contribution < -0.4 is 5.73 Å². The number of aromatic nitrogens is 2. The highest BCUT2D eigenvalue weighted by molar-refractivity contribution is 4.99. The molecule has 90 valence electrons. The smallest absolute Gasteiger partial charge is 0.0948 e. The number of aryl methyl sites for hydroxylation is 1. The Morgan fingerprint density at radius 1 is 1.56 bits per heavy atom. The van der Waals surface area contributed by atoms with E-state index in [-0.39, 0.29) is 0 Å². The summed E-state index contributed by atoms with van der Waals surface area (Å²) in [5.74, 6) is 0.697. The van der Waals surface area contributed by atoms with E-state index < -0.39 is 0 Å². The van der Waals surface area contributed by atoms with Gasteiger partial charge >= 0.3 is 0 Å². The predicted molar refractivity (Wildman–Crippen MR) is 65.0 cm³/mol. The number of imidazole rings is 1. The van der Waals surface area contributed by atoms with Crippen LogP contribution in [0.15, 0.2) is 12.5 Å². The molecule has 0 radical (unpaired) electrons. The zero-order chi connectivity index (χ0) is 11.4. The van der Waals surface area contributed by atoms with Gasteiger partial charge in [0, 0.05) is 25.8 Å². The lowest BCUT2D eigenvalue weighted by atomic mass is 10.1. The molecule has 1 aromatic rings. The van der Waals surface area contributed by atoms with E-state index in [9.17, 15) is 0 Å². The molecule has 1 aliphatic rings. The first-order valence-electron chi connectivity index (χ1n) is 6.25. The third-order valence-corrected chi connectivity index (χ3v) is 3.35. The number of nitrogens with zero attached hydrogens (tertiary/aromatic N) is 3. The zero-order valence-corrected chi connectivity index (χ0v) is 10.1. The second kappa shape index (κ2) is 5.46. The highest BCUT2D eigenvalue weighted by atomic mass is 15.2. The van der Waals surface area contributed by atoms with Gasteiger partial charge in [-0.15, -0.1) is 0 Å². The summed E-state index contributed by atoms with van der Waals surface area (Å²) in [5, 5.41) is 0. The van der Waals surface area contributed by atoms with Gasteiger partial charge in [-0.05, 0) is 31.8 Å². The maximum atomic E-state index is 5.70. The minimum Gasteiger partial charge on any atom is -0.333 e. The highest BCUT2D eigenvalue weighted by Crippen LogP contribution is 2.17. The summed E-state index contributed by atoms with van der Waals surface area (Å²) in [4.78, 5) is 6.72. The van der Waals surface area contributed by atoms with Crippen LogP contribution in [0, 0.1) is 5.92 Å². The van der Waals surface area contributed by atoms with E-state index in [4.69, 9.17) is 5.73 Å². The third-order valence-electron chi connectivity index (χ3n) is 3.35. The van der Waals surface area contributed by atoms with Gasteiger partial charge in [-0.2, -0.15) is 0 Å². The fourth-order valence-corrected chi connectivity index (χ4v) is 2.40. The SMILES string of the molecule is CCCn1cncc1CN1CCC(CN)C1. The predicted octanol–water partition coefficient (Wildman–Crippen LogP) is 1.07. The normalized spacial score (nSPS) is 21.8. The van der Waals surface area contributed by atoms with E-state index in [1.165, 1.54) is 18.7 Å². The molecular weight excluding hydrogens is 200 g/mol. The number of rotatable bonds is 5. The van der Waals surface area contributed by atoms with Crippen molar-refractivity contribution >= 4 is 0 Å². The van der Waals surface area contributed by atoms with E-state index >= 15 is 0 Å². The Morgan fingerprint density at radius 3 is 3.12 bits per heavy atom. The quantitative estimate of drug-likeness (QED) is 0.811. The molecule has 0 saturated carbocycles. The molecule has 2 rings (SSSR count). The largest absolute Gasteiger partial charge is 0.333 e. The minimum absolute atomic E-state index is 0.697. The molecule has 0 spiro atoms. The molecule has 2 heterocycles. The number of hydrogen-bond donors (Lipinski definition) is 1. The van der Waals surface area contributed by atoms with Gasteiger partial charge in [0.2, 0.25) is 0 Å². The van der Waals surface area contributed by atoms with Gasteiger partial charge in [-0.25, -0.2) is 4.98 Å². The Labute approximate surface area is 97.4 Å². The molecule has 1 fully saturated rings. The molecule has 0 aliphatic carbocycles. The average molecular weight is 222 g/mol. The van der Waals surface area contributed by atoms with Gasteiger partial charge in [-0.3, -0.25) is 4.90 Å². The van der Waals surface area contributed by atoms with Gasteiger partial charge in [-0.1, -0.05) is 6.92 Å². The molecule has 4 heteroatoms. The molecule has 1 aliphatic heterocycles. The van der Waals surface area contributed by atoms with Crippen molar-refractivity contribution < 1.29 is 0 Å². The van der Waals surface area contributed by atoms with Crippen LogP contribution >= 0.6 is 0 Å². The molecule has 1 atom stereocenters. The molecule has 0 amide bonds.